The van der Waals surface area contributed by atoms with Crippen molar-refractivity contribution in [3.63, 3.8) is 0 Å². The van der Waals surface area contributed by atoms with Crippen LogP contribution >= 0.6 is 0 Å². The van der Waals surface area contributed by atoms with Crippen LogP contribution in [-0.2, 0) is 6.54 Å². The highest BCUT2D eigenvalue weighted by Crippen LogP contribution is 2.29. The normalized spacial score (nSPS) is 28.4. The number of nitrogens with zero attached hydrogens (tertiary/aromatic N) is 1. The van der Waals surface area contributed by atoms with E-state index in [0.717, 1.165) is 31.8 Å². The minimum Gasteiger partial charge on any atom is -0.496 e. The summed E-state index contributed by atoms with van der Waals surface area (Å²) < 4.78 is 5.46. The summed E-state index contributed by atoms with van der Waals surface area (Å²) in [5.41, 5.74) is 1.92. The van der Waals surface area contributed by atoms with Gasteiger partial charge in [-0.1, -0.05) is 19.1 Å². The van der Waals surface area contributed by atoms with Crippen LogP contribution in [0.15, 0.2) is 18.2 Å². The zero-order chi connectivity index (χ0) is 14.0. The molecule has 1 fully saturated rings. The third-order valence-electron chi connectivity index (χ3n) is 4.36. The lowest BCUT2D eigenvalue weighted by atomic mass is 9.84. The second-order valence-corrected chi connectivity index (χ2v) is 6.06. The van der Waals surface area contributed by atoms with E-state index in [9.17, 15) is 5.11 Å². The molecular weight excluding hydrogens is 238 g/mol. The topological polar surface area (TPSA) is 32.7 Å². The molecule has 1 aromatic carbocycles. The molecule has 2 atom stereocenters. The van der Waals surface area contributed by atoms with Crippen molar-refractivity contribution in [2.45, 2.75) is 39.3 Å². The Kier molecular flexibility index (Phi) is 4.16. The average Bonchev–Trinajstić information content (AvgIpc) is 2.36. The van der Waals surface area contributed by atoms with E-state index >= 15 is 0 Å². The van der Waals surface area contributed by atoms with Gasteiger partial charge in [-0.05, 0) is 37.8 Å². The number of ether oxygens (including phenoxy) is 1. The summed E-state index contributed by atoms with van der Waals surface area (Å²) in [4.78, 5) is 2.40. The Bertz CT molecular complexity index is 442. The number of methoxy groups -OCH3 is 1. The molecule has 0 saturated carbocycles. The van der Waals surface area contributed by atoms with Crippen molar-refractivity contribution < 1.29 is 9.84 Å². The van der Waals surface area contributed by atoms with Crippen molar-refractivity contribution in [1.29, 1.82) is 0 Å². The van der Waals surface area contributed by atoms with Crippen molar-refractivity contribution in [3.8, 4) is 5.75 Å². The van der Waals surface area contributed by atoms with Crippen LogP contribution in [0.5, 0.6) is 5.75 Å². The first-order chi connectivity index (χ1) is 8.92. The third kappa shape index (κ3) is 3.28. The standard InChI is InChI=1S/C16H25NO2/c1-12-5-6-14(15(9-12)19-4)11-17-8-7-16(3,18)13(2)10-17/h5-6,9,13,18H,7-8,10-11H2,1-4H3/t13-,16+/m1/s1. The largest absolute Gasteiger partial charge is 0.496 e. The number of rotatable bonds is 3. The molecule has 1 aromatic rings. The molecule has 0 radical (unpaired) electrons. The van der Waals surface area contributed by atoms with Gasteiger partial charge in [0.05, 0.1) is 12.7 Å². The van der Waals surface area contributed by atoms with E-state index in [1.54, 1.807) is 7.11 Å². The highest BCUT2D eigenvalue weighted by molar-refractivity contribution is 5.37. The number of hydrogen-bond donors (Lipinski definition) is 1. The SMILES string of the molecule is COc1cc(C)ccc1CN1CC[C@](C)(O)[C@H](C)C1. The lowest BCUT2D eigenvalue weighted by Crippen LogP contribution is -2.48. The van der Waals surface area contributed by atoms with Gasteiger partial charge < -0.3 is 9.84 Å². The maximum atomic E-state index is 10.2. The molecule has 1 aliphatic heterocycles. The molecule has 1 aliphatic rings. The fraction of sp³-hybridized carbons (Fsp3) is 0.625. The number of benzene rings is 1. The molecule has 0 unspecified atom stereocenters. The van der Waals surface area contributed by atoms with Crippen molar-refractivity contribution in [2.75, 3.05) is 20.2 Å². The van der Waals surface area contributed by atoms with E-state index in [4.69, 9.17) is 4.74 Å². The zero-order valence-electron chi connectivity index (χ0n) is 12.4. The molecule has 0 spiro atoms. The first-order valence-electron chi connectivity index (χ1n) is 7.00. The zero-order valence-corrected chi connectivity index (χ0v) is 12.4. The molecule has 0 aliphatic carbocycles. The monoisotopic (exact) mass is 263 g/mol. The third-order valence-corrected chi connectivity index (χ3v) is 4.36. The van der Waals surface area contributed by atoms with Crippen LogP contribution in [0.2, 0.25) is 0 Å². The van der Waals surface area contributed by atoms with Gasteiger partial charge in [0.25, 0.3) is 0 Å². The molecule has 0 aromatic heterocycles. The van der Waals surface area contributed by atoms with Gasteiger partial charge in [-0.25, -0.2) is 0 Å². The molecule has 19 heavy (non-hydrogen) atoms. The summed E-state index contributed by atoms with van der Waals surface area (Å²) >= 11 is 0. The summed E-state index contributed by atoms with van der Waals surface area (Å²) in [6, 6.07) is 6.35. The first kappa shape index (κ1) is 14.4. The number of hydrogen-bond acceptors (Lipinski definition) is 3. The van der Waals surface area contributed by atoms with Gasteiger partial charge in [-0.3, -0.25) is 4.90 Å². The maximum Gasteiger partial charge on any atom is 0.123 e. The average molecular weight is 263 g/mol. The van der Waals surface area contributed by atoms with Crippen molar-refractivity contribution in [1.82, 2.24) is 4.90 Å². The summed E-state index contributed by atoms with van der Waals surface area (Å²) in [5.74, 6) is 1.27. The van der Waals surface area contributed by atoms with Gasteiger partial charge >= 0.3 is 0 Å². The molecule has 1 N–H and O–H groups in total. The molecule has 0 bridgehead atoms. The second-order valence-electron chi connectivity index (χ2n) is 6.06. The Morgan fingerprint density at radius 1 is 1.47 bits per heavy atom. The van der Waals surface area contributed by atoms with Crippen LogP contribution in [0.25, 0.3) is 0 Å². The van der Waals surface area contributed by atoms with Gasteiger partial charge in [-0.15, -0.1) is 0 Å². The Morgan fingerprint density at radius 2 is 2.21 bits per heavy atom. The molecule has 2 rings (SSSR count). The lowest BCUT2D eigenvalue weighted by Gasteiger charge is -2.41. The predicted octanol–water partition coefficient (Wildman–Crippen LogP) is 2.60. The Hall–Kier alpha value is -1.06. The molecule has 3 heteroatoms. The Balaban J connectivity index is 2.06. The van der Waals surface area contributed by atoms with Crippen molar-refractivity contribution >= 4 is 0 Å². The molecule has 3 nitrogen and oxygen atoms in total. The number of aliphatic hydroxyl groups is 1. The molecular formula is C16H25NO2. The number of piperidine rings is 1. The number of aryl methyl sites for hydroxylation is 1. The van der Waals surface area contributed by atoms with Crippen LogP contribution in [0.3, 0.4) is 0 Å². The highest BCUT2D eigenvalue weighted by Gasteiger charge is 2.34. The van der Waals surface area contributed by atoms with Crippen LogP contribution in [0.1, 0.15) is 31.4 Å². The quantitative estimate of drug-likeness (QED) is 0.910. The van der Waals surface area contributed by atoms with E-state index in [1.165, 1.54) is 11.1 Å². The smallest absolute Gasteiger partial charge is 0.123 e. The lowest BCUT2D eigenvalue weighted by molar-refractivity contribution is -0.0524. The summed E-state index contributed by atoms with van der Waals surface area (Å²) in [6.07, 6.45) is 0.836. The van der Waals surface area contributed by atoms with E-state index in [0.29, 0.717) is 5.92 Å². The fourth-order valence-electron chi connectivity index (χ4n) is 2.67. The Labute approximate surface area is 116 Å². The molecule has 106 valence electrons. The van der Waals surface area contributed by atoms with E-state index in [1.807, 2.05) is 6.92 Å². The first-order valence-corrected chi connectivity index (χ1v) is 7.00. The number of likely N-dealkylation sites (tertiary alicyclic amines) is 1. The van der Waals surface area contributed by atoms with E-state index < -0.39 is 5.60 Å². The summed E-state index contributed by atoms with van der Waals surface area (Å²) in [5, 5.41) is 10.2. The minimum atomic E-state index is -0.520. The minimum absolute atomic E-state index is 0.303. The Morgan fingerprint density at radius 3 is 2.84 bits per heavy atom. The highest BCUT2D eigenvalue weighted by atomic mass is 16.5. The van der Waals surface area contributed by atoms with Crippen molar-refractivity contribution in [2.24, 2.45) is 5.92 Å². The molecule has 1 saturated heterocycles. The van der Waals surface area contributed by atoms with Gasteiger partial charge in [-0.2, -0.15) is 0 Å². The van der Waals surface area contributed by atoms with Gasteiger partial charge in [0.2, 0.25) is 0 Å². The van der Waals surface area contributed by atoms with Crippen LogP contribution < -0.4 is 4.74 Å². The van der Waals surface area contributed by atoms with Gasteiger partial charge in [0, 0.05) is 25.2 Å². The maximum absolute atomic E-state index is 10.2. The van der Waals surface area contributed by atoms with Crippen LogP contribution in [-0.4, -0.2) is 35.8 Å². The van der Waals surface area contributed by atoms with E-state index in [2.05, 4.69) is 36.9 Å². The molecule has 1 heterocycles. The summed E-state index contributed by atoms with van der Waals surface area (Å²) in [7, 11) is 1.72. The fourth-order valence-corrected chi connectivity index (χ4v) is 2.67. The van der Waals surface area contributed by atoms with E-state index in [-0.39, 0.29) is 0 Å². The predicted molar refractivity (Wildman–Crippen MR) is 77.4 cm³/mol. The van der Waals surface area contributed by atoms with Gasteiger partial charge in [0.1, 0.15) is 5.75 Å². The van der Waals surface area contributed by atoms with Crippen LogP contribution in [0.4, 0.5) is 0 Å². The van der Waals surface area contributed by atoms with Gasteiger partial charge in [0.15, 0.2) is 0 Å². The summed E-state index contributed by atoms with van der Waals surface area (Å²) in [6.45, 7) is 8.91. The van der Waals surface area contributed by atoms with Crippen molar-refractivity contribution in [3.05, 3.63) is 29.3 Å². The molecule has 0 amide bonds. The van der Waals surface area contributed by atoms with Crippen LogP contribution in [0, 0.1) is 12.8 Å². The second kappa shape index (κ2) is 5.51.